The Morgan fingerprint density at radius 3 is 1.71 bits per heavy atom. The molecule has 0 aromatic rings. The van der Waals surface area contributed by atoms with E-state index in [2.05, 4.69) is 0 Å². The fourth-order valence-corrected chi connectivity index (χ4v) is 0.671. The van der Waals surface area contributed by atoms with Crippen LogP contribution >= 0.6 is 0 Å². The molecule has 5 heteroatoms. The van der Waals surface area contributed by atoms with Gasteiger partial charge in [0, 0.05) is 12.0 Å². The van der Waals surface area contributed by atoms with Gasteiger partial charge in [-0.2, -0.15) is 0 Å². The van der Waals surface area contributed by atoms with Crippen molar-refractivity contribution >= 4 is 11.9 Å². The third kappa shape index (κ3) is 9.17. The Balaban J connectivity index is 0. The lowest BCUT2D eigenvalue weighted by Gasteiger charge is -1.98. The van der Waals surface area contributed by atoms with E-state index in [1.807, 2.05) is 6.92 Å². The summed E-state index contributed by atoms with van der Waals surface area (Å²) in [4.78, 5) is 20.1. The van der Waals surface area contributed by atoms with E-state index < -0.39 is 11.9 Å². The molecule has 0 aromatic heterocycles. The number of aliphatic carboxylic acids is 2. The average molecular weight is 244 g/mol. The van der Waals surface area contributed by atoms with Gasteiger partial charge in [-0.05, 0) is 27.2 Å². The Morgan fingerprint density at radius 1 is 1.06 bits per heavy atom. The molecular weight excluding hydrogens is 224 g/mol. The van der Waals surface area contributed by atoms with Crippen LogP contribution in [0.1, 0.15) is 40.5 Å². The van der Waals surface area contributed by atoms with Gasteiger partial charge < -0.3 is 15.3 Å². The van der Waals surface area contributed by atoms with Gasteiger partial charge in [0.25, 0.3) is 0 Å². The number of carboxylic acids is 2. The summed E-state index contributed by atoms with van der Waals surface area (Å²) in [6, 6.07) is 0. The molecule has 17 heavy (non-hydrogen) atoms. The summed E-state index contributed by atoms with van der Waals surface area (Å²) in [5, 5.41) is 25.5. The molecule has 0 saturated heterocycles. The van der Waals surface area contributed by atoms with Gasteiger partial charge in [0.15, 0.2) is 0 Å². The first-order chi connectivity index (χ1) is 7.77. The summed E-state index contributed by atoms with van der Waals surface area (Å²) in [6.45, 7) is 6.53. The van der Waals surface area contributed by atoms with Gasteiger partial charge in [0.05, 0.1) is 5.57 Å². The van der Waals surface area contributed by atoms with Crippen LogP contribution in [0.5, 0.6) is 0 Å². The molecule has 0 aliphatic carbocycles. The Morgan fingerprint density at radius 2 is 1.53 bits per heavy atom. The summed E-state index contributed by atoms with van der Waals surface area (Å²) in [7, 11) is 0. The quantitative estimate of drug-likeness (QED) is 0.522. The predicted octanol–water partition coefficient (Wildman–Crippen LogP) is 2.74. The van der Waals surface area contributed by atoms with Crippen LogP contribution in [0.25, 0.3) is 0 Å². The summed E-state index contributed by atoms with van der Waals surface area (Å²) < 4.78 is 0. The summed E-state index contributed by atoms with van der Waals surface area (Å²) in [6.07, 6.45) is 2.76. The number of carboxylic acid groups (broad SMARTS) is 2. The molecule has 0 atom stereocenters. The molecule has 0 bridgehead atoms. The molecule has 0 saturated carbocycles. The van der Waals surface area contributed by atoms with Gasteiger partial charge in [-0.25, -0.2) is 9.59 Å². The van der Waals surface area contributed by atoms with Crippen molar-refractivity contribution in [2.75, 3.05) is 0 Å². The van der Waals surface area contributed by atoms with Gasteiger partial charge in [-0.1, -0.05) is 13.0 Å². The van der Waals surface area contributed by atoms with Crippen LogP contribution in [0.4, 0.5) is 0 Å². The van der Waals surface area contributed by atoms with Crippen molar-refractivity contribution in [2.24, 2.45) is 0 Å². The van der Waals surface area contributed by atoms with Crippen molar-refractivity contribution in [3.63, 3.8) is 0 Å². The van der Waals surface area contributed by atoms with Crippen LogP contribution in [-0.4, -0.2) is 27.3 Å². The van der Waals surface area contributed by atoms with Crippen LogP contribution in [-0.2, 0) is 9.59 Å². The summed E-state index contributed by atoms with van der Waals surface area (Å²) in [5.41, 5.74) is 0.432. The minimum absolute atomic E-state index is 0.0185. The second-order valence-corrected chi connectivity index (χ2v) is 3.40. The van der Waals surface area contributed by atoms with E-state index in [0.717, 1.165) is 6.42 Å². The van der Waals surface area contributed by atoms with Crippen LogP contribution in [0.15, 0.2) is 23.0 Å². The standard InChI is InChI=1S/C7H12O3.C5H8O2/c1-3-4-6(8)5(2)7(9)10;1-3-4(2)5(6)7/h8H,3-4H2,1-2H3,(H,9,10);3H,1-2H3,(H,6,7). The molecule has 0 unspecified atom stereocenters. The van der Waals surface area contributed by atoms with E-state index in [1.165, 1.54) is 6.92 Å². The zero-order valence-electron chi connectivity index (χ0n) is 10.6. The molecule has 3 N–H and O–H groups in total. The monoisotopic (exact) mass is 244 g/mol. The smallest absolute Gasteiger partial charge is 0.334 e. The summed E-state index contributed by atoms with van der Waals surface area (Å²) in [5.74, 6) is -1.91. The van der Waals surface area contributed by atoms with Gasteiger partial charge >= 0.3 is 11.9 Å². The number of aliphatic hydroxyl groups is 1. The second-order valence-electron chi connectivity index (χ2n) is 3.40. The van der Waals surface area contributed by atoms with Crippen molar-refractivity contribution in [1.82, 2.24) is 0 Å². The molecule has 0 fully saturated rings. The number of allylic oxidation sites excluding steroid dienone is 2. The molecule has 5 nitrogen and oxygen atoms in total. The minimum atomic E-state index is -1.05. The molecular formula is C12H20O5. The number of carbonyl (C=O) groups is 2. The van der Waals surface area contributed by atoms with Gasteiger partial charge in [0.2, 0.25) is 0 Å². The molecule has 98 valence electrons. The lowest BCUT2D eigenvalue weighted by atomic mass is 10.2. The number of aliphatic hydroxyl groups excluding tert-OH is 1. The molecule has 0 rings (SSSR count). The highest BCUT2D eigenvalue weighted by Gasteiger charge is 2.05. The Kier molecular flexibility index (Phi) is 9.79. The van der Waals surface area contributed by atoms with E-state index >= 15 is 0 Å². The molecule has 0 amide bonds. The highest BCUT2D eigenvalue weighted by atomic mass is 16.4. The fraction of sp³-hybridized carbons (Fsp3) is 0.500. The van der Waals surface area contributed by atoms with Crippen molar-refractivity contribution in [1.29, 1.82) is 0 Å². The number of hydrogen-bond donors (Lipinski definition) is 3. The number of rotatable bonds is 4. The highest BCUT2D eigenvalue weighted by molar-refractivity contribution is 5.86. The fourth-order valence-electron chi connectivity index (χ4n) is 0.671. The third-order valence-electron chi connectivity index (χ3n) is 2.01. The van der Waals surface area contributed by atoms with E-state index in [0.29, 0.717) is 12.0 Å². The zero-order valence-corrected chi connectivity index (χ0v) is 10.6. The van der Waals surface area contributed by atoms with Crippen molar-refractivity contribution in [3.05, 3.63) is 23.0 Å². The van der Waals surface area contributed by atoms with Gasteiger partial charge in [-0.3, -0.25) is 0 Å². The second kappa shape index (κ2) is 9.45. The van der Waals surface area contributed by atoms with E-state index in [9.17, 15) is 9.59 Å². The minimum Gasteiger partial charge on any atom is -0.512 e. The van der Waals surface area contributed by atoms with Crippen LogP contribution in [0, 0.1) is 0 Å². The van der Waals surface area contributed by atoms with Crippen LogP contribution < -0.4 is 0 Å². The van der Waals surface area contributed by atoms with E-state index in [-0.39, 0.29) is 11.3 Å². The van der Waals surface area contributed by atoms with Crippen LogP contribution in [0.2, 0.25) is 0 Å². The topological polar surface area (TPSA) is 94.8 Å². The lowest BCUT2D eigenvalue weighted by Crippen LogP contribution is -2.00. The Hall–Kier alpha value is -1.78. The van der Waals surface area contributed by atoms with Crippen LogP contribution in [0.3, 0.4) is 0 Å². The van der Waals surface area contributed by atoms with Crippen molar-refractivity contribution in [2.45, 2.75) is 40.5 Å². The molecule has 0 heterocycles. The van der Waals surface area contributed by atoms with Gasteiger partial charge in [0.1, 0.15) is 5.76 Å². The van der Waals surface area contributed by atoms with E-state index in [1.54, 1.807) is 19.9 Å². The molecule has 0 radical (unpaired) electrons. The predicted molar refractivity (Wildman–Crippen MR) is 64.9 cm³/mol. The lowest BCUT2D eigenvalue weighted by molar-refractivity contribution is -0.133. The molecule has 0 aromatic carbocycles. The van der Waals surface area contributed by atoms with Crippen molar-refractivity contribution < 1.29 is 24.9 Å². The Labute approximate surface area is 101 Å². The Bertz CT molecular complexity index is 326. The summed E-state index contributed by atoms with van der Waals surface area (Å²) >= 11 is 0. The first kappa shape index (κ1) is 17.6. The average Bonchev–Trinajstić information content (AvgIpc) is 2.27. The molecule has 0 spiro atoms. The number of hydrogen-bond acceptors (Lipinski definition) is 3. The first-order valence-electron chi connectivity index (χ1n) is 5.26. The van der Waals surface area contributed by atoms with Gasteiger partial charge in [-0.15, -0.1) is 0 Å². The molecule has 0 aliphatic heterocycles. The normalized spacial score (nSPS) is 12.1. The maximum Gasteiger partial charge on any atom is 0.334 e. The first-order valence-corrected chi connectivity index (χ1v) is 5.26. The van der Waals surface area contributed by atoms with Crippen molar-refractivity contribution in [3.8, 4) is 0 Å². The zero-order chi connectivity index (χ0) is 14.0. The maximum atomic E-state index is 10.2. The molecule has 0 aliphatic rings. The maximum absolute atomic E-state index is 10.2. The van der Waals surface area contributed by atoms with E-state index in [4.69, 9.17) is 15.3 Å². The largest absolute Gasteiger partial charge is 0.512 e. The SMILES string of the molecule is CC=C(C)C(=O)O.CCCC(O)=C(C)C(=O)O. The highest BCUT2D eigenvalue weighted by Crippen LogP contribution is 2.06. The third-order valence-corrected chi connectivity index (χ3v) is 2.01.